The standard InChI is InChI=1S/C22H29N3O6S/c1-5-31-22(27)19-14(2)23-15(3)20(19)32(28,29)25-12-10-16(11-13-25)21(26)24-17-8-6-7-9-18(17)30-4/h6-9,16,23H,5,10-13H2,1-4H3,(H,24,26). The van der Waals surface area contributed by atoms with Crippen molar-refractivity contribution >= 4 is 27.6 Å². The van der Waals surface area contributed by atoms with Gasteiger partial charge in [-0.2, -0.15) is 4.31 Å². The van der Waals surface area contributed by atoms with Gasteiger partial charge in [0.15, 0.2) is 0 Å². The Morgan fingerprint density at radius 1 is 1.16 bits per heavy atom. The topological polar surface area (TPSA) is 118 Å². The van der Waals surface area contributed by atoms with Crippen LogP contribution in [0.2, 0.25) is 0 Å². The average Bonchev–Trinajstić information content (AvgIpc) is 3.08. The van der Waals surface area contributed by atoms with Crippen LogP contribution in [0.25, 0.3) is 0 Å². The number of carbonyl (C=O) groups is 2. The molecular formula is C22H29N3O6S. The molecule has 0 radical (unpaired) electrons. The van der Waals surface area contributed by atoms with Gasteiger partial charge < -0.3 is 19.8 Å². The summed E-state index contributed by atoms with van der Waals surface area (Å²) < 4.78 is 38.4. The van der Waals surface area contributed by atoms with Crippen LogP contribution in [0, 0.1) is 19.8 Å². The molecule has 1 aromatic heterocycles. The van der Waals surface area contributed by atoms with Gasteiger partial charge >= 0.3 is 5.97 Å². The quantitative estimate of drug-likeness (QED) is 0.610. The minimum Gasteiger partial charge on any atom is -0.495 e. The third-order valence-corrected chi connectivity index (χ3v) is 7.66. The number of nitrogens with one attached hydrogen (secondary N) is 2. The van der Waals surface area contributed by atoms with Crippen LogP contribution in [0.5, 0.6) is 5.75 Å². The Bertz CT molecular complexity index is 1100. The van der Waals surface area contributed by atoms with E-state index >= 15 is 0 Å². The third-order valence-electron chi connectivity index (χ3n) is 5.58. The minimum atomic E-state index is -3.93. The van der Waals surface area contributed by atoms with Crippen LogP contribution in [0.4, 0.5) is 5.69 Å². The van der Waals surface area contributed by atoms with Gasteiger partial charge in [-0.3, -0.25) is 4.79 Å². The molecule has 10 heteroatoms. The highest BCUT2D eigenvalue weighted by atomic mass is 32.2. The number of para-hydroxylation sites is 2. The van der Waals surface area contributed by atoms with Crippen molar-refractivity contribution in [1.29, 1.82) is 0 Å². The van der Waals surface area contributed by atoms with Crippen molar-refractivity contribution in [2.75, 3.05) is 32.1 Å². The summed E-state index contributed by atoms with van der Waals surface area (Å²) >= 11 is 0. The van der Waals surface area contributed by atoms with Crippen molar-refractivity contribution < 1.29 is 27.5 Å². The van der Waals surface area contributed by atoms with E-state index in [4.69, 9.17) is 9.47 Å². The second kappa shape index (κ2) is 9.74. The molecular weight excluding hydrogens is 434 g/mol. The largest absolute Gasteiger partial charge is 0.495 e. The van der Waals surface area contributed by atoms with E-state index in [-0.39, 0.29) is 42.0 Å². The molecule has 2 aromatic rings. The number of hydrogen-bond acceptors (Lipinski definition) is 6. The maximum atomic E-state index is 13.4. The molecule has 1 fully saturated rings. The first-order valence-corrected chi connectivity index (χ1v) is 11.9. The summed E-state index contributed by atoms with van der Waals surface area (Å²) in [5, 5.41) is 2.87. The number of anilines is 1. The van der Waals surface area contributed by atoms with E-state index in [0.29, 0.717) is 35.7 Å². The van der Waals surface area contributed by atoms with E-state index in [1.807, 2.05) is 6.07 Å². The van der Waals surface area contributed by atoms with E-state index < -0.39 is 16.0 Å². The molecule has 0 saturated carbocycles. The molecule has 2 N–H and O–H groups in total. The monoisotopic (exact) mass is 463 g/mol. The maximum Gasteiger partial charge on any atom is 0.341 e. The van der Waals surface area contributed by atoms with Crippen LogP contribution in [0.15, 0.2) is 29.2 Å². The number of benzene rings is 1. The number of ether oxygens (including phenoxy) is 2. The molecule has 1 saturated heterocycles. The number of piperidine rings is 1. The van der Waals surface area contributed by atoms with Crippen molar-refractivity contribution in [3.05, 3.63) is 41.2 Å². The minimum absolute atomic E-state index is 0.0420. The number of hydrogen-bond donors (Lipinski definition) is 2. The fourth-order valence-electron chi connectivity index (χ4n) is 4.00. The third kappa shape index (κ3) is 4.66. The Morgan fingerprint density at radius 2 is 1.81 bits per heavy atom. The molecule has 32 heavy (non-hydrogen) atoms. The van der Waals surface area contributed by atoms with Crippen molar-refractivity contribution in [3.63, 3.8) is 0 Å². The lowest BCUT2D eigenvalue weighted by Gasteiger charge is -2.30. The number of nitrogens with zero attached hydrogens (tertiary/aromatic N) is 1. The number of H-pyrrole nitrogens is 1. The lowest BCUT2D eigenvalue weighted by atomic mass is 9.97. The number of rotatable bonds is 7. The predicted molar refractivity (Wildman–Crippen MR) is 119 cm³/mol. The lowest BCUT2D eigenvalue weighted by Crippen LogP contribution is -2.41. The van der Waals surface area contributed by atoms with Gasteiger partial charge in [0.2, 0.25) is 15.9 Å². The average molecular weight is 464 g/mol. The van der Waals surface area contributed by atoms with Crippen LogP contribution in [-0.4, -0.2) is 56.4 Å². The Labute approximate surface area is 188 Å². The molecule has 0 atom stereocenters. The maximum absolute atomic E-state index is 13.4. The van der Waals surface area contributed by atoms with Crippen LogP contribution in [-0.2, 0) is 19.6 Å². The predicted octanol–water partition coefficient (Wildman–Crippen LogP) is 2.86. The van der Waals surface area contributed by atoms with E-state index in [9.17, 15) is 18.0 Å². The summed E-state index contributed by atoms with van der Waals surface area (Å²) in [5.41, 5.74) is 1.46. The molecule has 0 aliphatic carbocycles. The van der Waals surface area contributed by atoms with Crippen molar-refractivity contribution in [2.24, 2.45) is 5.92 Å². The van der Waals surface area contributed by atoms with Crippen LogP contribution in [0.1, 0.15) is 41.5 Å². The van der Waals surface area contributed by atoms with Crippen LogP contribution < -0.4 is 10.1 Å². The first kappa shape index (κ1) is 23.8. The van der Waals surface area contributed by atoms with Gasteiger partial charge in [-0.25, -0.2) is 13.2 Å². The molecule has 3 rings (SSSR count). The van der Waals surface area contributed by atoms with Crippen molar-refractivity contribution in [3.8, 4) is 5.75 Å². The van der Waals surface area contributed by atoms with Gasteiger partial charge in [0, 0.05) is 30.4 Å². The first-order chi connectivity index (χ1) is 15.2. The Morgan fingerprint density at radius 3 is 2.44 bits per heavy atom. The summed E-state index contributed by atoms with van der Waals surface area (Å²) in [6.45, 7) is 5.44. The number of sulfonamides is 1. The SMILES string of the molecule is CCOC(=O)c1c(C)[nH]c(C)c1S(=O)(=O)N1CCC(C(=O)Nc2ccccc2OC)CC1. The Kier molecular flexibility index (Phi) is 7.25. The van der Waals surface area contributed by atoms with E-state index in [0.717, 1.165) is 0 Å². The molecule has 0 unspecified atom stereocenters. The number of methoxy groups -OCH3 is 1. The molecule has 0 spiro atoms. The van der Waals surface area contributed by atoms with E-state index in [1.54, 1.807) is 39.0 Å². The number of esters is 1. The number of amides is 1. The zero-order valence-corrected chi connectivity index (χ0v) is 19.5. The normalized spacial score (nSPS) is 15.4. The van der Waals surface area contributed by atoms with Crippen LogP contribution >= 0.6 is 0 Å². The van der Waals surface area contributed by atoms with Gasteiger partial charge in [0.05, 0.1) is 19.4 Å². The highest BCUT2D eigenvalue weighted by Crippen LogP contribution is 2.31. The second-order valence-electron chi connectivity index (χ2n) is 7.67. The summed E-state index contributed by atoms with van der Waals surface area (Å²) in [6, 6.07) is 7.13. The molecule has 1 aliphatic heterocycles. The highest BCUT2D eigenvalue weighted by Gasteiger charge is 2.37. The summed E-state index contributed by atoms with van der Waals surface area (Å²) in [5.74, 6) is -0.609. The fraction of sp³-hybridized carbons (Fsp3) is 0.455. The fourth-order valence-corrected chi connectivity index (χ4v) is 5.88. The summed E-state index contributed by atoms with van der Waals surface area (Å²) in [4.78, 5) is 28.0. The summed E-state index contributed by atoms with van der Waals surface area (Å²) in [7, 11) is -2.40. The number of aromatic nitrogens is 1. The van der Waals surface area contributed by atoms with Gasteiger partial charge in [0.25, 0.3) is 0 Å². The van der Waals surface area contributed by atoms with Gasteiger partial charge in [-0.1, -0.05) is 12.1 Å². The smallest absolute Gasteiger partial charge is 0.341 e. The molecule has 9 nitrogen and oxygen atoms in total. The Hall–Kier alpha value is -2.85. The second-order valence-corrected chi connectivity index (χ2v) is 9.54. The molecule has 174 valence electrons. The molecule has 1 amide bonds. The first-order valence-electron chi connectivity index (χ1n) is 10.5. The number of aromatic amines is 1. The summed E-state index contributed by atoms with van der Waals surface area (Å²) in [6.07, 6.45) is 0.745. The van der Waals surface area contributed by atoms with E-state index in [2.05, 4.69) is 10.3 Å². The van der Waals surface area contributed by atoms with Gasteiger partial charge in [0.1, 0.15) is 16.2 Å². The van der Waals surface area contributed by atoms with Crippen molar-refractivity contribution in [2.45, 2.75) is 38.5 Å². The van der Waals surface area contributed by atoms with Crippen molar-refractivity contribution in [1.82, 2.24) is 9.29 Å². The van der Waals surface area contributed by atoms with Crippen LogP contribution in [0.3, 0.4) is 0 Å². The molecule has 0 bridgehead atoms. The number of carbonyl (C=O) groups excluding carboxylic acids is 2. The highest BCUT2D eigenvalue weighted by molar-refractivity contribution is 7.89. The zero-order chi connectivity index (χ0) is 23.5. The Balaban J connectivity index is 1.74. The molecule has 1 aromatic carbocycles. The molecule has 1 aliphatic rings. The van der Waals surface area contributed by atoms with Gasteiger partial charge in [-0.15, -0.1) is 0 Å². The van der Waals surface area contributed by atoms with E-state index in [1.165, 1.54) is 11.4 Å². The zero-order valence-electron chi connectivity index (χ0n) is 18.7. The lowest BCUT2D eigenvalue weighted by molar-refractivity contribution is -0.120. The molecule has 2 heterocycles. The number of aryl methyl sites for hydroxylation is 2. The van der Waals surface area contributed by atoms with Gasteiger partial charge in [-0.05, 0) is 45.7 Å².